The number of anilines is 1. The molecule has 0 atom stereocenters. The molecule has 3 rings (SSSR count). The first-order valence-electron chi connectivity index (χ1n) is 9.86. The molecular formula is C23H24N4O4S. The van der Waals surface area contributed by atoms with Crippen molar-refractivity contribution < 1.29 is 19.1 Å². The highest BCUT2D eigenvalue weighted by Crippen LogP contribution is 2.27. The minimum atomic E-state index is -0.611. The summed E-state index contributed by atoms with van der Waals surface area (Å²) < 4.78 is 5.18. The van der Waals surface area contributed by atoms with Crippen molar-refractivity contribution in [3.8, 4) is 10.6 Å². The summed E-state index contributed by atoms with van der Waals surface area (Å²) in [4.78, 5) is 41.6. The Hall–Kier alpha value is -3.72. The molecule has 1 heterocycles. The average Bonchev–Trinajstić information content (AvgIpc) is 3.13. The van der Waals surface area contributed by atoms with E-state index in [4.69, 9.17) is 4.74 Å². The Balaban J connectivity index is 1.57. The average molecular weight is 453 g/mol. The zero-order valence-corrected chi connectivity index (χ0v) is 19.0. The van der Waals surface area contributed by atoms with Crippen molar-refractivity contribution >= 4 is 34.9 Å². The second kappa shape index (κ2) is 9.61. The number of thiazole rings is 1. The summed E-state index contributed by atoms with van der Waals surface area (Å²) in [5.41, 5.74) is 6.49. The van der Waals surface area contributed by atoms with E-state index in [0.717, 1.165) is 10.6 Å². The van der Waals surface area contributed by atoms with Gasteiger partial charge in [-0.25, -0.2) is 9.78 Å². The first kappa shape index (κ1) is 23.0. The van der Waals surface area contributed by atoms with E-state index in [9.17, 15) is 14.4 Å². The molecule has 9 heteroatoms. The fourth-order valence-electron chi connectivity index (χ4n) is 2.68. The van der Waals surface area contributed by atoms with Gasteiger partial charge in [-0.05, 0) is 52.0 Å². The van der Waals surface area contributed by atoms with Crippen molar-refractivity contribution in [2.45, 2.75) is 33.3 Å². The highest BCUT2D eigenvalue weighted by molar-refractivity contribution is 7.17. The van der Waals surface area contributed by atoms with Crippen LogP contribution in [0.2, 0.25) is 0 Å². The van der Waals surface area contributed by atoms with Crippen molar-refractivity contribution in [3.63, 3.8) is 0 Å². The van der Waals surface area contributed by atoms with Gasteiger partial charge in [0.25, 0.3) is 11.8 Å². The number of amides is 3. The van der Waals surface area contributed by atoms with Crippen molar-refractivity contribution in [2.75, 3.05) is 5.32 Å². The lowest BCUT2D eigenvalue weighted by Gasteiger charge is -2.19. The summed E-state index contributed by atoms with van der Waals surface area (Å²) in [6.07, 6.45) is -0.586. The molecule has 0 fully saturated rings. The lowest BCUT2D eigenvalue weighted by Crippen LogP contribution is -2.41. The van der Waals surface area contributed by atoms with Crippen LogP contribution in [-0.2, 0) is 4.74 Å². The topological polar surface area (TPSA) is 109 Å². The number of nitrogens with one attached hydrogen (secondary N) is 3. The van der Waals surface area contributed by atoms with Crippen LogP contribution in [0.15, 0.2) is 54.6 Å². The van der Waals surface area contributed by atoms with E-state index in [0.29, 0.717) is 21.8 Å². The number of carbonyl (C=O) groups is 3. The monoisotopic (exact) mass is 452 g/mol. The van der Waals surface area contributed by atoms with Gasteiger partial charge >= 0.3 is 6.09 Å². The third kappa shape index (κ3) is 6.14. The zero-order chi connectivity index (χ0) is 23.3. The molecule has 0 aliphatic carbocycles. The van der Waals surface area contributed by atoms with Gasteiger partial charge in [0.1, 0.15) is 15.5 Å². The lowest BCUT2D eigenvalue weighted by molar-refractivity contribution is 0.0635. The molecule has 0 aliphatic rings. The summed E-state index contributed by atoms with van der Waals surface area (Å²) in [6, 6.07) is 15.7. The Labute approximate surface area is 190 Å². The van der Waals surface area contributed by atoms with E-state index in [1.807, 2.05) is 30.3 Å². The molecule has 0 radical (unpaired) electrons. The van der Waals surface area contributed by atoms with Gasteiger partial charge in [-0.15, -0.1) is 11.3 Å². The molecule has 32 heavy (non-hydrogen) atoms. The molecule has 3 aromatic rings. The van der Waals surface area contributed by atoms with Crippen molar-refractivity contribution in [3.05, 3.63) is 70.7 Å². The number of benzene rings is 2. The van der Waals surface area contributed by atoms with Gasteiger partial charge < -0.3 is 4.74 Å². The summed E-state index contributed by atoms with van der Waals surface area (Å²) in [5, 5.41) is 3.32. The van der Waals surface area contributed by atoms with Crippen LogP contribution < -0.4 is 16.2 Å². The molecule has 2 aromatic carbocycles. The van der Waals surface area contributed by atoms with Gasteiger partial charge in [0.15, 0.2) is 0 Å². The molecule has 8 nitrogen and oxygen atoms in total. The predicted molar refractivity (Wildman–Crippen MR) is 124 cm³/mol. The Morgan fingerprint density at radius 1 is 0.906 bits per heavy atom. The smallest absolute Gasteiger partial charge is 0.412 e. The molecular weight excluding hydrogens is 428 g/mol. The van der Waals surface area contributed by atoms with E-state index in [-0.39, 0.29) is 0 Å². The number of nitrogens with zero attached hydrogens (tertiary/aromatic N) is 1. The van der Waals surface area contributed by atoms with Crippen molar-refractivity contribution in [1.82, 2.24) is 15.8 Å². The van der Waals surface area contributed by atoms with Crippen LogP contribution >= 0.6 is 11.3 Å². The standard InChI is InChI=1S/C23H24N4O4S/c1-14-18(32-21(24-14)16-8-6-5-7-9-16)20(29)27-26-19(28)15-10-12-17(13-11-15)25-22(30)31-23(2,3)4/h5-13H,1-4H3,(H,25,30)(H,26,28)(H,27,29). The Kier molecular flexibility index (Phi) is 6.89. The van der Waals surface area contributed by atoms with E-state index in [2.05, 4.69) is 21.2 Å². The van der Waals surface area contributed by atoms with Crippen LogP contribution in [0.3, 0.4) is 0 Å². The number of rotatable bonds is 4. The predicted octanol–water partition coefficient (Wildman–Crippen LogP) is 4.54. The molecule has 0 unspecified atom stereocenters. The Morgan fingerprint density at radius 2 is 1.53 bits per heavy atom. The van der Waals surface area contributed by atoms with Gasteiger partial charge in [0, 0.05) is 16.8 Å². The maximum absolute atomic E-state index is 12.5. The molecule has 0 spiro atoms. The van der Waals surface area contributed by atoms with Crippen LogP contribution in [0.25, 0.3) is 10.6 Å². The highest BCUT2D eigenvalue weighted by Gasteiger charge is 2.18. The number of aryl methyl sites for hydroxylation is 1. The number of aromatic nitrogens is 1. The minimum Gasteiger partial charge on any atom is -0.444 e. The number of carbonyl (C=O) groups excluding carboxylic acids is 3. The van der Waals surface area contributed by atoms with Gasteiger partial charge in [-0.2, -0.15) is 0 Å². The van der Waals surface area contributed by atoms with Crippen LogP contribution in [0, 0.1) is 6.92 Å². The lowest BCUT2D eigenvalue weighted by atomic mass is 10.2. The van der Waals surface area contributed by atoms with Crippen molar-refractivity contribution in [1.29, 1.82) is 0 Å². The van der Waals surface area contributed by atoms with Crippen LogP contribution in [-0.4, -0.2) is 28.5 Å². The van der Waals surface area contributed by atoms with Gasteiger partial charge in [0.2, 0.25) is 0 Å². The first-order chi connectivity index (χ1) is 15.1. The van der Waals surface area contributed by atoms with E-state index >= 15 is 0 Å². The fourth-order valence-corrected chi connectivity index (χ4v) is 3.65. The maximum atomic E-state index is 12.5. The molecule has 166 valence electrons. The van der Waals surface area contributed by atoms with Crippen LogP contribution in [0.4, 0.5) is 10.5 Å². The largest absolute Gasteiger partial charge is 0.444 e. The molecule has 1 aromatic heterocycles. The molecule has 0 aliphatic heterocycles. The molecule has 0 bridgehead atoms. The zero-order valence-electron chi connectivity index (χ0n) is 18.2. The first-order valence-corrected chi connectivity index (χ1v) is 10.7. The Morgan fingerprint density at radius 3 is 2.16 bits per heavy atom. The Bertz CT molecular complexity index is 1120. The summed E-state index contributed by atoms with van der Waals surface area (Å²) >= 11 is 1.25. The van der Waals surface area contributed by atoms with E-state index in [1.54, 1.807) is 39.8 Å². The number of hydrazine groups is 1. The maximum Gasteiger partial charge on any atom is 0.412 e. The van der Waals surface area contributed by atoms with Crippen LogP contribution in [0.5, 0.6) is 0 Å². The van der Waals surface area contributed by atoms with Gasteiger partial charge in [-0.3, -0.25) is 25.8 Å². The van der Waals surface area contributed by atoms with Crippen LogP contribution in [0.1, 0.15) is 46.5 Å². The number of hydrogen-bond donors (Lipinski definition) is 3. The molecule has 3 amide bonds. The highest BCUT2D eigenvalue weighted by atomic mass is 32.1. The fraction of sp³-hybridized carbons (Fsp3) is 0.217. The SMILES string of the molecule is Cc1nc(-c2ccccc2)sc1C(=O)NNC(=O)c1ccc(NC(=O)OC(C)(C)C)cc1. The summed E-state index contributed by atoms with van der Waals surface area (Å²) in [5.74, 6) is -0.939. The minimum absolute atomic E-state index is 0.311. The van der Waals surface area contributed by atoms with E-state index < -0.39 is 23.5 Å². The van der Waals surface area contributed by atoms with Crippen molar-refractivity contribution in [2.24, 2.45) is 0 Å². The third-order valence-corrected chi connectivity index (χ3v) is 5.31. The van der Waals surface area contributed by atoms with E-state index in [1.165, 1.54) is 23.5 Å². The number of hydrogen-bond acceptors (Lipinski definition) is 6. The quantitative estimate of drug-likeness (QED) is 0.504. The summed E-state index contributed by atoms with van der Waals surface area (Å²) in [6.45, 7) is 7.05. The summed E-state index contributed by atoms with van der Waals surface area (Å²) in [7, 11) is 0. The second-order valence-electron chi connectivity index (χ2n) is 7.91. The van der Waals surface area contributed by atoms with Gasteiger partial charge in [0.05, 0.1) is 5.69 Å². The molecule has 0 saturated heterocycles. The normalized spacial score (nSPS) is 10.9. The third-order valence-electron chi connectivity index (χ3n) is 4.11. The molecule has 0 saturated carbocycles. The number of ether oxygens (including phenoxy) is 1. The molecule has 3 N–H and O–H groups in total. The second-order valence-corrected chi connectivity index (χ2v) is 8.91. The van der Waals surface area contributed by atoms with Gasteiger partial charge in [-0.1, -0.05) is 30.3 Å².